The van der Waals surface area contributed by atoms with Crippen molar-refractivity contribution < 1.29 is 0 Å². The molecule has 4 aromatic rings. The predicted octanol–water partition coefficient (Wildman–Crippen LogP) is 8.85. The van der Waals surface area contributed by atoms with Crippen molar-refractivity contribution in [3.05, 3.63) is 123 Å². The molecule has 0 unspecified atom stereocenters. The van der Waals surface area contributed by atoms with Gasteiger partial charge in [0, 0.05) is 26.0 Å². The lowest BCUT2D eigenvalue weighted by Gasteiger charge is -2.25. The SMILES string of the molecule is Brc1ccc(N(c2ccc(Br)cc2)c2ccc(C=Cc3ccccc3)cc2)cc1. The summed E-state index contributed by atoms with van der Waals surface area (Å²) in [5, 5.41) is 0. The normalized spacial score (nSPS) is 11.0. The van der Waals surface area contributed by atoms with E-state index < -0.39 is 0 Å². The highest BCUT2D eigenvalue weighted by atomic mass is 79.9. The van der Waals surface area contributed by atoms with Crippen LogP contribution in [0.2, 0.25) is 0 Å². The Balaban J connectivity index is 1.66. The highest BCUT2D eigenvalue weighted by Gasteiger charge is 2.12. The van der Waals surface area contributed by atoms with Crippen molar-refractivity contribution in [2.24, 2.45) is 0 Å². The highest BCUT2D eigenvalue weighted by molar-refractivity contribution is 9.10. The molecule has 0 bridgehead atoms. The lowest BCUT2D eigenvalue weighted by molar-refractivity contribution is 1.28. The van der Waals surface area contributed by atoms with Gasteiger partial charge in [-0.1, -0.05) is 86.5 Å². The maximum Gasteiger partial charge on any atom is 0.0462 e. The Bertz CT molecular complexity index is 1040. The van der Waals surface area contributed by atoms with E-state index in [4.69, 9.17) is 0 Å². The molecule has 142 valence electrons. The first-order chi connectivity index (χ1) is 14.2. The van der Waals surface area contributed by atoms with E-state index >= 15 is 0 Å². The minimum Gasteiger partial charge on any atom is -0.311 e. The number of nitrogens with zero attached hydrogens (tertiary/aromatic N) is 1. The summed E-state index contributed by atoms with van der Waals surface area (Å²) in [5.74, 6) is 0. The fourth-order valence-corrected chi connectivity index (χ4v) is 3.65. The first kappa shape index (κ1) is 19.7. The average Bonchev–Trinajstić information content (AvgIpc) is 2.77. The van der Waals surface area contributed by atoms with Gasteiger partial charge >= 0.3 is 0 Å². The number of benzene rings is 4. The van der Waals surface area contributed by atoms with Crippen molar-refractivity contribution in [3.8, 4) is 0 Å². The Kier molecular flexibility index (Phi) is 6.28. The van der Waals surface area contributed by atoms with Crippen LogP contribution in [0.15, 0.2) is 112 Å². The van der Waals surface area contributed by atoms with Crippen LogP contribution in [0.1, 0.15) is 11.1 Å². The monoisotopic (exact) mass is 503 g/mol. The minimum absolute atomic E-state index is 1.07. The van der Waals surface area contributed by atoms with E-state index in [1.807, 2.05) is 6.07 Å². The maximum absolute atomic E-state index is 3.53. The molecule has 0 aliphatic rings. The lowest BCUT2D eigenvalue weighted by Crippen LogP contribution is -2.09. The second kappa shape index (κ2) is 9.25. The van der Waals surface area contributed by atoms with Gasteiger partial charge < -0.3 is 4.90 Å². The Morgan fingerprint density at radius 1 is 0.448 bits per heavy atom. The van der Waals surface area contributed by atoms with E-state index in [-0.39, 0.29) is 0 Å². The van der Waals surface area contributed by atoms with Crippen molar-refractivity contribution in [3.63, 3.8) is 0 Å². The smallest absolute Gasteiger partial charge is 0.0462 e. The van der Waals surface area contributed by atoms with E-state index in [0.29, 0.717) is 0 Å². The molecule has 0 aromatic heterocycles. The van der Waals surface area contributed by atoms with Gasteiger partial charge in [-0.3, -0.25) is 0 Å². The molecule has 0 spiro atoms. The summed E-state index contributed by atoms with van der Waals surface area (Å²) in [6.07, 6.45) is 4.28. The quantitative estimate of drug-likeness (QED) is 0.245. The van der Waals surface area contributed by atoms with Gasteiger partial charge in [0.15, 0.2) is 0 Å². The topological polar surface area (TPSA) is 3.24 Å². The predicted molar refractivity (Wildman–Crippen MR) is 132 cm³/mol. The Labute approximate surface area is 188 Å². The summed E-state index contributed by atoms with van der Waals surface area (Å²) in [7, 11) is 0. The molecule has 0 saturated carbocycles. The molecule has 0 saturated heterocycles. The number of hydrogen-bond acceptors (Lipinski definition) is 1. The van der Waals surface area contributed by atoms with Crippen molar-refractivity contribution in [2.45, 2.75) is 0 Å². The first-order valence-electron chi connectivity index (χ1n) is 9.33. The van der Waals surface area contributed by atoms with Crippen LogP contribution in [-0.4, -0.2) is 0 Å². The van der Waals surface area contributed by atoms with E-state index in [1.165, 1.54) is 11.1 Å². The lowest BCUT2D eigenvalue weighted by atomic mass is 10.1. The molecule has 0 aliphatic carbocycles. The number of anilines is 3. The minimum atomic E-state index is 1.07. The van der Waals surface area contributed by atoms with Crippen LogP contribution < -0.4 is 4.90 Å². The van der Waals surface area contributed by atoms with Crippen LogP contribution >= 0.6 is 31.9 Å². The Morgan fingerprint density at radius 3 is 1.28 bits per heavy atom. The molecule has 0 fully saturated rings. The van der Waals surface area contributed by atoms with Gasteiger partial charge in [0.25, 0.3) is 0 Å². The third kappa shape index (κ3) is 5.06. The molecule has 0 aliphatic heterocycles. The molecular weight excluding hydrogens is 486 g/mol. The summed E-state index contributed by atoms with van der Waals surface area (Å²) in [5.41, 5.74) is 5.71. The number of hydrogen-bond donors (Lipinski definition) is 0. The Morgan fingerprint density at radius 2 is 0.828 bits per heavy atom. The third-order valence-electron chi connectivity index (χ3n) is 4.59. The van der Waals surface area contributed by atoms with Gasteiger partial charge in [-0.15, -0.1) is 0 Å². The fourth-order valence-electron chi connectivity index (χ4n) is 3.12. The second-order valence-corrected chi connectivity index (χ2v) is 8.46. The van der Waals surface area contributed by atoms with Gasteiger partial charge in [0.05, 0.1) is 0 Å². The molecule has 0 radical (unpaired) electrons. The van der Waals surface area contributed by atoms with Crippen LogP contribution in [0.25, 0.3) is 12.2 Å². The molecule has 0 atom stereocenters. The largest absolute Gasteiger partial charge is 0.311 e. The van der Waals surface area contributed by atoms with E-state index in [9.17, 15) is 0 Å². The molecular formula is C26H19Br2N. The van der Waals surface area contributed by atoms with E-state index in [2.05, 4.69) is 146 Å². The first-order valence-corrected chi connectivity index (χ1v) is 10.9. The van der Waals surface area contributed by atoms with Crippen LogP contribution in [0.5, 0.6) is 0 Å². The molecule has 1 nitrogen and oxygen atoms in total. The van der Waals surface area contributed by atoms with Gasteiger partial charge in [-0.2, -0.15) is 0 Å². The molecule has 0 heterocycles. The summed E-state index contributed by atoms with van der Waals surface area (Å²) >= 11 is 7.06. The zero-order valence-corrected chi connectivity index (χ0v) is 18.8. The van der Waals surface area contributed by atoms with Gasteiger partial charge in [-0.25, -0.2) is 0 Å². The van der Waals surface area contributed by atoms with E-state index in [1.54, 1.807) is 0 Å². The summed E-state index contributed by atoms with van der Waals surface area (Å²) in [6, 6.07) is 35.7. The van der Waals surface area contributed by atoms with E-state index in [0.717, 1.165) is 26.0 Å². The molecule has 4 rings (SSSR count). The molecule has 3 heteroatoms. The van der Waals surface area contributed by atoms with Gasteiger partial charge in [0.1, 0.15) is 0 Å². The molecule has 29 heavy (non-hydrogen) atoms. The molecule has 4 aromatic carbocycles. The standard InChI is InChI=1S/C26H19Br2N/c27-22-10-16-25(17-11-22)29(26-18-12-23(28)13-19-26)24-14-8-21(9-15-24)7-6-20-4-2-1-3-5-20/h1-19H. The average molecular weight is 505 g/mol. The highest BCUT2D eigenvalue weighted by Crippen LogP contribution is 2.35. The second-order valence-electron chi connectivity index (χ2n) is 6.62. The molecule has 0 N–H and O–H groups in total. The number of halogens is 2. The van der Waals surface area contributed by atoms with Crippen molar-refractivity contribution in [1.29, 1.82) is 0 Å². The number of rotatable bonds is 5. The van der Waals surface area contributed by atoms with Crippen molar-refractivity contribution in [1.82, 2.24) is 0 Å². The maximum atomic E-state index is 3.53. The van der Waals surface area contributed by atoms with Crippen LogP contribution in [0.3, 0.4) is 0 Å². The Hall–Kier alpha value is -2.62. The van der Waals surface area contributed by atoms with Gasteiger partial charge in [-0.05, 0) is 71.8 Å². The third-order valence-corrected chi connectivity index (χ3v) is 5.65. The van der Waals surface area contributed by atoms with Crippen LogP contribution in [0, 0.1) is 0 Å². The summed E-state index contributed by atoms with van der Waals surface area (Å²) in [6.45, 7) is 0. The van der Waals surface area contributed by atoms with Crippen LogP contribution in [0.4, 0.5) is 17.1 Å². The zero-order valence-electron chi connectivity index (χ0n) is 15.7. The summed E-state index contributed by atoms with van der Waals surface area (Å²) < 4.78 is 2.14. The fraction of sp³-hybridized carbons (Fsp3) is 0. The zero-order chi connectivity index (χ0) is 20.1. The van der Waals surface area contributed by atoms with Gasteiger partial charge in [0.2, 0.25) is 0 Å². The summed E-state index contributed by atoms with van der Waals surface area (Å²) in [4.78, 5) is 2.25. The van der Waals surface area contributed by atoms with Crippen molar-refractivity contribution in [2.75, 3.05) is 4.90 Å². The molecule has 0 amide bonds. The van der Waals surface area contributed by atoms with Crippen LogP contribution in [-0.2, 0) is 0 Å². The van der Waals surface area contributed by atoms with Crippen molar-refractivity contribution >= 4 is 61.1 Å².